The molecule has 0 N–H and O–H groups in total. The Balaban J connectivity index is 2.74. The Kier molecular flexibility index (Phi) is 5.74. The highest BCUT2D eigenvalue weighted by molar-refractivity contribution is 5.92. The van der Waals surface area contributed by atoms with Crippen molar-refractivity contribution in [1.29, 1.82) is 0 Å². The van der Waals surface area contributed by atoms with E-state index in [-0.39, 0.29) is 5.91 Å². The largest absolute Gasteiger partial charge is 0.439 e. The quantitative estimate of drug-likeness (QED) is 0.765. The Morgan fingerprint density at radius 1 is 0.875 bits per heavy atom. The number of nitrogens with zero attached hydrogens (tertiary/aromatic N) is 1. The standard InChI is InChI=1S/C20H23NO3/c1-4-21(5-2)19(23)20(24-16(3)22,17-12-8-6-9-13-17)18-14-10-7-11-15-18/h6-15H,4-5H2,1-3H3. The van der Waals surface area contributed by atoms with Crippen LogP contribution < -0.4 is 0 Å². The molecule has 0 saturated carbocycles. The van der Waals surface area contributed by atoms with Crippen molar-refractivity contribution in [2.75, 3.05) is 13.1 Å². The van der Waals surface area contributed by atoms with E-state index in [4.69, 9.17) is 4.74 Å². The molecule has 0 aliphatic rings. The number of ether oxygens (including phenoxy) is 1. The van der Waals surface area contributed by atoms with Gasteiger partial charge in [-0.1, -0.05) is 60.7 Å². The van der Waals surface area contributed by atoms with Crippen molar-refractivity contribution in [3.63, 3.8) is 0 Å². The zero-order valence-electron chi connectivity index (χ0n) is 14.4. The summed E-state index contributed by atoms with van der Waals surface area (Å²) in [6.45, 7) is 6.23. The van der Waals surface area contributed by atoms with Crippen LogP contribution in [-0.4, -0.2) is 29.9 Å². The van der Waals surface area contributed by atoms with Crippen molar-refractivity contribution in [1.82, 2.24) is 4.90 Å². The molecule has 0 spiro atoms. The molecule has 0 fully saturated rings. The van der Waals surface area contributed by atoms with Crippen molar-refractivity contribution in [3.05, 3.63) is 71.8 Å². The molecule has 0 heterocycles. The molecule has 0 aliphatic heterocycles. The Morgan fingerprint density at radius 3 is 1.62 bits per heavy atom. The van der Waals surface area contributed by atoms with Crippen molar-refractivity contribution in [2.24, 2.45) is 0 Å². The van der Waals surface area contributed by atoms with Crippen LogP contribution in [0.2, 0.25) is 0 Å². The number of esters is 1. The summed E-state index contributed by atoms with van der Waals surface area (Å²) in [5, 5.41) is 0. The maximum atomic E-state index is 13.4. The molecular weight excluding hydrogens is 302 g/mol. The number of hydrogen-bond donors (Lipinski definition) is 0. The minimum absolute atomic E-state index is 0.236. The highest BCUT2D eigenvalue weighted by Gasteiger charge is 2.47. The lowest BCUT2D eigenvalue weighted by atomic mass is 9.84. The first-order valence-electron chi connectivity index (χ1n) is 8.16. The van der Waals surface area contributed by atoms with E-state index in [1.807, 2.05) is 74.5 Å². The molecule has 4 nitrogen and oxygen atoms in total. The van der Waals surface area contributed by atoms with Gasteiger partial charge in [-0.25, -0.2) is 0 Å². The fourth-order valence-electron chi connectivity index (χ4n) is 2.87. The summed E-state index contributed by atoms with van der Waals surface area (Å²) in [5.41, 5.74) is -0.188. The average molecular weight is 325 g/mol. The fraction of sp³-hybridized carbons (Fsp3) is 0.300. The predicted octanol–water partition coefficient (Wildman–Crippen LogP) is 3.36. The van der Waals surface area contributed by atoms with Crippen molar-refractivity contribution < 1.29 is 14.3 Å². The molecule has 0 aromatic heterocycles. The van der Waals surface area contributed by atoms with Crippen LogP contribution in [-0.2, 0) is 19.9 Å². The Morgan fingerprint density at radius 2 is 1.29 bits per heavy atom. The smallest absolute Gasteiger partial charge is 0.304 e. The van der Waals surface area contributed by atoms with Crippen molar-refractivity contribution in [2.45, 2.75) is 26.4 Å². The third-order valence-corrected chi connectivity index (χ3v) is 4.01. The Hall–Kier alpha value is -2.62. The first-order valence-corrected chi connectivity index (χ1v) is 8.16. The normalized spacial score (nSPS) is 11.0. The number of rotatable bonds is 6. The number of hydrogen-bond acceptors (Lipinski definition) is 3. The Labute approximate surface area is 143 Å². The molecule has 2 aromatic carbocycles. The van der Waals surface area contributed by atoms with E-state index in [9.17, 15) is 9.59 Å². The first kappa shape index (κ1) is 17.7. The highest BCUT2D eigenvalue weighted by atomic mass is 16.6. The van der Waals surface area contributed by atoms with Crippen LogP contribution in [0.1, 0.15) is 31.9 Å². The van der Waals surface area contributed by atoms with Crippen LogP contribution in [0.3, 0.4) is 0 Å². The maximum Gasteiger partial charge on any atom is 0.304 e. The molecule has 4 heteroatoms. The molecule has 0 saturated heterocycles. The molecule has 24 heavy (non-hydrogen) atoms. The summed E-state index contributed by atoms with van der Waals surface area (Å²) in [6.07, 6.45) is 0. The van der Waals surface area contributed by atoms with Crippen LogP contribution in [0.5, 0.6) is 0 Å². The second-order valence-corrected chi connectivity index (χ2v) is 5.48. The number of likely N-dealkylation sites (N-methyl/N-ethyl adjacent to an activating group) is 1. The number of amides is 1. The molecule has 1 amide bonds. The topological polar surface area (TPSA) is 46.6 Å². The van der Waals surface area contributed by atoms with Gasteiger partial charge in [0.15, 0.2) is 0 Å². The zero-order chi connectivity index (χ0) is 17.6. The predicted molar refractivity (Wildman–Crippen MR) is 93.4 cm³/mol. The van der Waals surface area contributed by atoms with Gasteiger partial charge in [-0.2, -0.15) is 0 Å². The van der Waals surface area contributed by atoms with Gasteiger partial charge in [-0.15, -0.1) is 0 Å². The van der Waals surface area contributed by atoms with Crippen LogP contribution in [0.4, 0.5) is 0 Å². The SMILES string of the molecule is CCN(CC)C(=O)C(OC(C)=O)(c1ccccc1)c1ccccc1. The molecule has 0 aliphatic carbocycles. The van der Waals surface area contributed by atoms with E-state index in [0.717, 1.165) is 0 Å². The monoisotopic (exact) mass is 325 g/mol. The van der Waals surface area contributed by atoms with E-state index in [1.54, 1.807) is 4.90 Å². The first-order chi connectivity index (χ1) is 11.6. The van der Waals surface area contributed by atoms with E-state index >= 15 is 0 Å². The van der Waals surface area contributed by atoms with Gasteiger partial charge in [0.2, 0.25) is 5.60 Å². The van der Waals surface area contributed by atoms with Gasteiger partial charge < -0.3 is 9.64 Å². The van der Waals surface area contributed by atoms with Crippen molar-refractivity contribution in [3.8, 4) is 0 Å². The maximum absolute atomic E-state index is 13.4. The van der Waals surface area contributed by atoms with Gasteiger partial charge in [0.05, 0.1) is 0 Å². The molecule has 0 radical (unpaired) electrons. The molecular formula is C20H23NO3. The molecule has 2 rings (SSSR count). The van der Waals surface area contributed by atoms with E-state index in [2.05, 4.69) is 0 Å². The lowest BCUT2D eigenvalue weighted by Crippen LogP contribution is -2.50. The van der Waals surface area contributed by atoms with Gasteiger partial charge in [0.25, 0.3) is 5.91 Å². The van der Waals surface area contributed by atoms with Crippen LogP contribution in [0.25, 0.3) is 0 Å². The minimum atomic E-state index is -1.47. The zero-order valence-corrected chi connectivity index (χ0v) is 14.4. The summed E-state index contributed by atoms with van der Waals surface area (Å²) < 4.78 is 5.73. The summed E-state index contributed by atoms with van der Waals surface area (Å²) in [5.74, 6) is -0.733. The van der Waals surface area contributed by atoms with Crippen LogP contribution in [0.15, 0.2) is 60.7 Å². The summed E-state index contributed by atoms with van der Waals surface area (Å²) >= 11 is 0. The van der Waals surface area contributed by atoms with Crippen molar-refractivity contribution >= 4 is 11.9 Å². The summed E-state index contributed by atoms with van der Waals surface area (Å²) in [4.78, 5) is 27.0. The van der Waals surface area contributed by atoms with Gasteiger partial charge in [0, 0.05) is 31.1 Å². The van der Waals surface area contributed by atoms with E-state index in [0.29, 0.717) is 24.2 Å². The molecule has 0 atom stereocenters. The van der Waals surface area contributed by atoms with E-state index in [1.165, 1.54) is 6.92 Å². The van der Waals surface area contributed by atoms with E-state index < -0.39 is 11.6 Å². The fourth-order valence-corrected chi connectivity index (χ4v) is 2.87. The van der Waals surface area contributed by atoms with Crippen LogP contribution in [0, 0.1) is 0 Å². The molecule has 126 valence electrons. The van der Waals surface area contributed by atoms with Gasteiger partial charge in [-0.05, 0) is 13.8 Å². The third-order valence-electron chi connectivity index (χ3n) is 4.01. The Bertz CT molecular complexity index is 639. The van der Waals surface area contributed by atoms with Gasteiger partial charge in [-0.3, -0.25) is 9.59 Å². The van der Waals surface area contributed by atoms with Gasteiger partial charge in [0.1, 0.15) is 0 Å². The lowest BCUT2D eigenvalue weighted by Gasteiger charge is -2.36. The summed E-state index contributed by atoms with van der Waals surface area (Å²) in [6, 6.07) is 18.4. The summed E-state index contributed by atoms with van der Waals surface area (Å²) in [7, 11) is 0. The lowest BCUT2D eigenvalue weighted by molar-refractivity contribution is -0.169. The number of benzene rings is 2. The van der Waals surface area contributed by atoms with Gasteiger partial charge >= 0.3 is 5.97 Å². The number of carbonyl (C=O) groups excluding carboxylic acids is 2. The number of carbonyl (C=O) groups is 2. The highest BCUT2D eigenvalue weighted by Crippen LogP contribution is 2.36. The third kappa shape index (κ3) is 3.32. The molecule has 2 aromatic rings. The minimum Gasteiger partial charge on any atom is -0.439 e. The second-order valence-electron chi connectivity index (χ2n) is 5.48. The average Bonchev–Trinajstić information content (AvgIpc) is 2.62. The molecule has 0 unspecified atom stereocenters. The molecule has 0 bridgehead atoms. The second kappa shape index (κ2) is 7.77. The van der Waals surface area contributed by atoms with Crippen LogP contribution >= 0.6 is 0 Å².